The average Bonchev–Trinajstić information content (AvgIpc) is 2.37. The number of benzene rings is 1. The summed E-state index contributed by atoms with van der Waals surface area (Å²) in [5.74, 6) is -0.134. The minimum atomic E-state index is -0.134. The van der Waals surface area contributed by atoms with Gasteiger partial charge in [0, 0.05) is 13.0 Å². The first-order valence-electron chi connectivity index (χ1n) is 6.48. The van der Waals surface area contributed by atoms with Gasteiger partial charge in [0.25, 0.3) is 0 Å². The fraction of sp³-hybridized carbons (Fsp3) is 0.533. The summed E-state index contributed by atoms with van der Waals surface area (Å²) in [5, 5.41) is 8.42. The number of hydrogen-bond acceptors (Lipinski definition) is 3. The Morgan fingerprint density at radius 3 is 2.28 bits per heavy atom. The Morgan fingerprint density at radius 2 is 1.83 bits per heavy atom. The highest BCUT2D eigenvalue weighted by molar-refractivity contribution is 5.69. The van der Waals surface area contributed by atoms with Crippen LogP contribution in [0.2, 0.25) is 0 Å². The number of unbranched alkanes of at least 4 members (excludes halogenated alkanes) is 2. The van der Waals surface area contributed by atoms with Gasteiger partial charge in [0.1, 0.15) is 0 Å². The molecule has 1 N–H and O–H groups in total. The highest BCUT2D eigenvalue weighted by Crippen LogP contribution is 2.00. The third kappa shape index (κ3) is 11.1. The van der Waals surface area contributed by atoms with Crippen LogP contribution in [-0.4, -0.2) is 24.3 Å². The van der Waals surface area contributed by atoms with E-state index in [4.69, 9.17) is 9.84 Å². The summed E-state index contributed by atoms with van der Waals surface area (Å²) in [7, 11) is 0. The molecule has 0 saturated carbocycles. The monoisotopic (exact) mass is 252 g/mol. The number of aliphatic hydroxyl groups is 1. The summed E-state index contributed by atoms with van der Waals surface area (Å²) in [4.78, 5) is 10.7. The van der Waals surface area contributed by atoms with Crippen LogP contribution in [-0.2, 0) is 9.53 Å². The van der Waals surface area contributed by atoms with Crippen LogP contribution in [0.5, 0.6) is 0 Å². The van der Waals surface area contributed by atoms with Gasteiger partial charge in [0.05, 0.1) is 6.61 Å². The Kier molecular flexibility index (Phi) is 11.2. The lowest BCUT2D eigenvalue weighted by Gasteiger charge is -1.99. The Morgan fingerprint density at radius 1 is 1.17 bits per heavy atom. The van der Waals surface area contributed by atoms with Crippen molar-refractivity contribution in [3.63, 3.8) is 0 Å². The first-order valence-corrected chi connectivity index (χ1v) is 6.48. The molecule has 18 heavy (non-hydrogen) atoms. The van der Waals surface area contributed by atoms with Crippen LogP contribution >= 0.6 is 0 Å². The summed E-state index contributed by atoms with van der Waals surface area (Å²) in [6.07, 6.45) is 2.97. The molecule has 0 bridgehead atoms. The molecule has 0 aromatic heterocycles. The molecule has 0 saturated heterocycles. The normalized spacial score (nSPS) is 9.28. The number of ether oxygens (including phenoxy) is 1. The number of aryl methyl sites for hydroxylation is 1. The van der Waals surface area contributed by atoms with E-state index in [1.165, 1.54) is 5.56 Å². The first-order chi connectivity index (χ1) is 8.70. The van der Waals surface area contributed by atoms with E-state index in [1.54, 1.807) is 6.92 Å². The number of carbonyl (C=O) groups is 1. The molecule has 0 unspecified atom stereocenters. The molecule has 0 radical (unpaired) electrons. The van der Waals surface area contributed by atoms with Crippen molar-refractivity contribution < 1.29 is 14.6 Å². The number of hydrogen-bond donors (Lipinski definition) is 1. The lowest BCUT2D eigenvalue weighted by Crippen LogP contribution is -2.03. The number of esters is 1. The van der Waals surface area contributed by atoms with E-state index in [2.05, 4.69) is 19.1 Å². The van der Waals surface area contributed by atoms with Crippen LogP contribution in [0.4, 0.5) is 0 Å². The standard InChI is InChI=1S/C8H16O3.C7H8/c1-2-11-8(10)6-4-3-5-7-9;1-7-5-3-2-4-6-7/h9H,2-7H2,1H3;2-6H,1H3. The van der Waals surface area contributed by atoms with Crippen LogP contribution in [0, 0.1) is 6.92 Å². The van der Waals surface area contributed by atoms with Gasteiger partial charge in [-0.1, -0.05) is 42.3 Å². The second-order valence-corrected chi connectivity index (χ2v) is 3.99. The van der Waals surface area contributed by atoms with Gasteiger partial charge in [-0.05, 0) is 26.7 Å². The Hall–Kier alpha value is -1.35. The van der Waals surface area contributed by atoms with Gasteiger partial charge >= 0.3 is 5.97 Å². The van der Waals surface area contributed by atoms with Gasteiger partial charge in [0.15, 0.2) is 0 Å². The fourth-order valence-corrected chi connectivity index (χ4v) is 1.33. The second kappa shape index (κ2) is 12.1. The molecule has 0 heterocycles. The van der Waals surface area contributed by atoms with Crippen molar-refractivity contribution in [2.45, 2.75) is 39.5 Å². The Labute approximate surface area is 110 Å². The molecule has 102 valence electrons. The van der Waals surface area contributed by atoms with Crippen molar-refractivity contribution in [2.75, 3.05) is 13.2 Å². The van der Waals surface area contributed by atoms with Crippen molar-refractivity contribution in [1.82, 2.24) is 0 Å². The van der Waals surface area contributed by atoms with Crippen molar-refractivity contribution >= 4 is 5.97 Å². The molecule has 0 aliphatic carbocycles. The van der Waals surface area contributed by atoms with Gasteiger partial charge in [0.2, 0.25) is 0 Å². The van der Waals surface area contributed by atoms with Crippen molar-refractivity contribution in [2.24, 2.45) is 0 Å². The molecular formula is C15H24O3. The second-order valence-electron chi connectivity index (χ2n) is 3.99. The summed E-state index contributed by atoms with van der Waals surface area (Å²) >= 11 is 0. The van der Waals surface area contributed by atoms with E-state index in [9.17, 15) is 4.79 Å². The Balaban J connectivity index is 0.000000351. The molecule has 1 aromatic carbocycles. The average molecular weight is 252 g/mol. The molecular weight excluding hydrogens is 228 g/mol. The Bertz CT molecular complexity index is 296. The zero-order valence-corrected chi connectivity index (χ0v) is 11.4. The van der Waals surface area contributed by atoms with E-state index in [0.717, 1.165) is 19.3 Å². The molecule has 0 aliphatic heterocycles. The van der Waals surface area contributed by atoms with Crippen LogP contribution < -0.4 is 0 Å². The molecule has 0 fully saturated rings. The predicted molar refractivity (Wildman–Crippen MR) is 73.4 cm³/mol. The highest BCUT2D eigenvalue weighted by atomic mass is 16.5. The van der Waals surface area contributed by atoms with E-state index in [1.807, 2.05) is 18.2 Å². The maximum absolute atomic E-state index is 10.7. The summed E-state index contributed by atoms with van der Waals surface area (Å²) < 4.78 is 4.72. The van der Waals surface area contributed by atoms with Crippen LogP contribution in [0.3, 0.4) is 0 Å². The molecule has 1 aromatic rings. The lowest BCUT2D eigenvalue weighted by atomic mass is 10.2. The minimum Gasteiger partial charge on any atom is -0.466 e. The third-order valence-electron chi connectivity index (χ3n) is 2.28. The van der Waals surface area contributed by atoms with Gasteiger partial charge in [-0.2, -0.15) is 0 Å². The van der Waals surface area contributed by atoms with Gasteiger partial charge < -0.3 is 9.84 Å². The van der Waals surface area contributed by atoms with E-state index in [0.29, 0.717) is 13.0 Å². The van der Waals surface area contributed by atoms with Crippen LogP contribution in [0.1, 0.15) is 38.2 Å². The molecule has 0 amide bonds. The third-order valence-corrected chi connectivity index (χ3v) is 2.28. The van der Waals surface area contributed by atoms with E-state index in [-0.39, 0.29) is 12.6 Å². The van der Waals surface area contributed by atoms with E-state index >= 15 is 0 Å². The zero-order valence-electron chi connectivity index (χ0n) is 11.4. The predicted octanol–water partition coefficient (Wildman–Crippen LogP) is 3.10. The van der Waals surface area contributed by atoms with Gasteiger partial charge in [-0.3, -0.25) is 4.79 Å². The van der Waals surface area contributed by atoms with Crippen molar-refractivity contribution in [1.29, 1.82) is 0 Å². The molecule has 0 spiro atoms. The summed E-state index contributed by atoms with van der Waals surface area (Å²) in [6.45, 7) is 4.55. The SMILES string of the molecule is CCOC(=O)CCCCCO.Cc1ccccc1. The summed E-state index contributed by atoms with van der Waals surface area (Å²) in [6, 6.07) is 10.3. The number of carbonyl (C=O) groups excluding carboxylic acids is 1. The minimum absolute atomic E-state index is 0.134. The van der Waals surface area contributed by atoms with Gasteiger partial charge in [-0.25, -0.2) is 0 Å². The zero-order chi connectivity index (χ0) is 13.6. The topological polar surface area (TPSA) is 46.5 Å². The smallest absolute Gasteiger partial charge is 0.305 e. The van der Waals surface area contributed by atoms with Crippen molar-refractivity contribution in [3.05, 3.63) is 35.9 Å². The molecule has 0 atom stereocenters. The van der Waals surface area contributed by atoms with Crippen LogP contribution in [0.25, 0.3) is 0 Å². The van der Waals surface area contributed by atoms with Gasteiger partial charge in [-0.15, -0.1) is 0 Å². The maximum atomic E-state index is 10.7. The molecule has 1 rings (SSSR count). The van der Waals surface area contributed by atoms with Crippen molar-refractivity contribution in [3.8, 4) is 0 Å². The largest absolute Gasteiger partial charge is 0.466 e. The van der Waals surface area contributed by atoms with E-state index < -0.39 is 0 Å². The fourth-order valence-electron chi connectivity index (χ4n) is 1.33. The summed E-state index contributed by atoms with van der Waals surface area (Å²) in [5.41, 5.74) is 1.32. The first kappa shape index (κ1) is 16.6. The molecule has 3 heteroatoms. The number of aliphatic hydroxyl groups excluding tert-OH is 1. The number of rotatable bonds is 6. The quantitative estimate of drug-likeness (QED) is 0.625. The molecule has 0 aliphatic rings. The van der Waals surface area contributed by atoms with Crippen LogP contribution in [0.15, 0.2) is 30.3 Å². The lowest BCUT2D eigenvalue weighted by molar-refractivity contribution is -0.143. The highest BCUT2D eigenvalue weighted by Gasteiger charge is 1.99. The molecule has 3 nitrogen and oxygen atoms in total. The maximum Gasteiger partial charge on any atom is 0.305 e.